The lowest BCUT2D eigenvalue weighted by Crippen LogP contribution is -2.29. The maximum absolute atomic E-state index is 2.51. The highest BCUT2D eigenvalue weighted by molar-refractivity contribution is 6.25. The minimum absolute atomic E-state index is 0.653. The van der Waals surface area contributed by atoms with Crippen molar-refractivity contribution < 1.29 is 0 Å². The summed E-state index contributed by atoms with van der Waals surface area (Å²) in [7, 11) is 0. The van der Waals surface area contributed by atoms with Gasteiger partial charge in [0.15, 0.2) is 0 Å². The average molecular weight is 909 g/mol. The molecule has 0 saturated heterocycles. The Kier molecular flexibility index (Phi) is 10.0. The summed E-state index contributed by atoms with van der Waals surface area (Å²) in [6, 6.07) is 91.2. The Morgan fingerprint density at radius 1 is 0.282 bits per heavy atom. The Bertz CT molecular complexity index is 3680. The van der Waals surface area contributed by atoms with Gasteiger partial charge in [-0.15, -0.1) is 0 Å². The van der Waals surface area contributed by atoms with Crippen LogP contribution in [0.1, 0.15) is 44.5 Å². The monoisotopic (exact) mass is 908 g/mol. The topological polar surface area (TPSA) is 6.48 Å². The molecule has 0 aromatic heterocycles. The first-order valence-electron chi connectivity index (χ1n) is 24.8. The molecule has 0 fully saturated rings. The Labute approximate surface area is 416 Å². The molecule has 0 atom stereocenters. The van der Waals surface area contributed by atoms with Crippen LogP contribution in [0.2, 0.25) is 0 Å². The fourth-order valence-corrected chi connectivity index (χ4v) is 11.6. The van der Waals surface area contributed by atoms with Gasteiger partial charge in [0.2, 0.25) is 0 Å². The third-order valence-electron chi connectivity index (χ3n) is 15.2. The number of hydrogen-bond acceptors (Lipinski definition) is 2. The van der Waals surface area contributed by atoms with Crippen molar-refractivity contribution in [3.8, 4) is 22.3 Å². The SMILES string of the molecule is Cc1ccc(N(c2ccc(C)cc2)c2ccc(C3(c4ccc(N(c5ccc(C)cc5)c5ccc(C)cc5)cc4)c4ccccc4-c4ccc(-c5ccc6ccc7cccc8ccc5c6c78)cc43)cc2)cc1. The lowest BCUT2D eigenvalue weighted by atomic mass is 9.67. The highest BCUT2D eigenvalue weighted by atomic mass is 15.1. The smallest absolute Gasteiger partial charge is 0.0713 e. The van der Waals surface area contributed by atoms with Gasteiger partial charge in [0.1, 0.15) is 0 Å². The standard InChI is InChI=1S/C69H52N2/c1-45-12-29-55(30-13-45)70(56-31-14-46(2)15-32-56)59-37-25-53(26-38-59)69(54-27-39-60(40-28-54)71(57-33-16-47(3)17-34-57)58-35-18-48(4)19-36-58)65-11-6-5-10-62(65)63-42-24-52(44-66(63)69)61-41-22-51-21-20-49-8-7-9-50-23-43-64(61)68(51)67(49)50/h5-44H,1-4H3. The molecule has 0 saturated carbocycles. The number of hydrogen-bond donors (Lipinski definition) is 0. The first-order chi connectivity index (χ1) is 34.8. The van der Waals surface area contributed by atoms with Gasteiger partial charge in [0.05, 0.1) is 5.41 Å². The summed E-state index contributed by atoms with van der Waals surface area (Å²) in [5, 5.41) is 7.77. The first kappa shape index (κ1) is 42.4. The van der Waals surface area contributed by atoms with E-state index >= 15 is 0 Å². The molecule has 338 valence electrons. The zero-order valence-electron chi connectivity index (χ0n) is 40.5. The third kappa shape index (κ3) is 6.93. The van der Waals surface area contributed by atoms with E-state index in [9.17, 15) is 0 Å². The molecule has 1 aliphatic rings. The quantitative estimate of drug-likeness (QED) is 0.133. The van der Waals surface area contributed by atoms with Crippen LogP contribution < -0.4 is 9.80 Å². The minimum Gasteiger partial charge on any atom is -0.311 e. The van der Waals surface area contributed by atoms with Gasteiger partial charge in [-0.3, -0.25) is 0 Å². The summed E-state index contributed by atoms with van der Waals surface area (Å²) in [4.78, 5) is 4.74. The van der Waals surface area contributed by atoms with Gasteiger partial charge in [0.25, 0.3) is 0 Å². The lowest BCUT2D eigenvalue weighted by molar-refractivity contribution is 0.768. The van der Waals surface area contributed by atoms with Crippen LogP contribution in [0, 0.1) is 27.7 Å². The van der Waals surface area contributed by atoms with Gasteiger partial charge >= 0.3 is 0 Å². The summed E-state index contributed by atoms with van der Waals surface area (Å²) in [6.07, 6.45) is 0. The van der Waals surface area contributed by atoms with Crippen molar-refractivity contribution in [2.45, 2.75) is 33.1 Å². The molecule has 13 rings (SSSR count). The van der Waals surface area contributed by atoms with Gasteiger partial charge < -0.3 is 9.80 Å². The summed E-state index contributed by atoms with van der Waals surface area (Å²) in [5.41, 5.74) is 21.0. The number of benzene rings is 12. The maximum Gasteiger partial charge on any atom is 0.0713 e. The second kappa shape index (κ2) is 16.8. The highest BCUT2D eigenvalue weighted by Gasteiger charge is 2.46. The van der Waals surface area contributed by atoms with Crippen LogP contribution in [-0.4, -0.2) is 0 Å². The predicted molar refractivity (Wildman–Crippen MR) is 301 cm³/mol. The van der Waals surface area contributed by atoms with Crippen LogP contribution in [0.15, 0.2) is 243 Å². The molecular formula is C69H52N2. The number of anilines is 6. The highest BCUT2D eigenvalue weighted by Crippen LogP contribution is 2.58. The van der Waals surface area contributed by atoms with E-state index in [2.05, 4.69) is 280 Å². The van der Waals surface area contributed by atoms with Crippen molar-refractivity contribution in [2.75, 3.05) is 9.80 Å². The molecule has 0 N–H and O–H groups in total. The number of aryl methyl sites for hydroxylation is 4. The summed E-state index contributed by atoms with van der Waals surface area (Å²) in [5.74, 6) is 0. The van der Waals surface area contributed by atoms with Gasteiger partial charge in [-0.25, -0.2) is 0 Å². The van der Waals surface area contributed by atoms with E-state index in [1.54, 1.807) is 0 Å². The van der Waals surface area contributed by atoms with Crippen LogP contribution in [0.5, 0.6) is 0 Å². The van der Waals surface area contributed by atoms with Crippen molar-refractivity contribution >= 4 is 66.4 Å². The zero-order chi connectivity index (χ0) is 47.8. The average Bonchev–Trinajstić information content (AvgIpc) is 3.71. The third-order valence-corrected chi connectivity index (χ3v) is 15.2. The molecular weight excluding hydrogens is 857 g/mol. The van der Waals surface area contributed by atoms with Crippen molar-refractivity contribution in [1.29, 1.82) is 0 Å². The van der Waals surface area contributed by atoms with Crippen LogP contribution >= 0.6 is 0 Å². The zero-order valence-corrected chi connectivity index (χ0v) is 40.5. The van der Waals surface area contributed by atoms with E-state index in [0.29, 0.717) is 0 Å². The number of fused-ring (bicyclic) bond motifs is 3. The maximum atomic E-state index is 2.51. The molecule has 1 aliphatic carbocycles. The Morgan fingerprint density at radius 2 is 0.662 bits per heavy atom. The molecule has 0 amide bonds. The molecule has 0 radical (unpaired) electrons. The largest absolute Gasteiger partial charge is 0.311 e. The van der Waals surface area contributed by atoms with Crippen molar-refractivity contribution in [3.05, 3.63) is 287 Å². The van der Waals surface area contributed by atoms with Crippen molar-refractivity contribution in [2.24, 2.45) is 0 Å². The van der Waals surface area contributed by atoms with Crippen molar-refractivity contribution in [1.82, 2.24) is 0 Å². The molecule has 0 aliphatic heterocycles. The van der Waals surface area contributed by atoms with E-state index in [0.717, 1.165) is 34.1 Å². The Balaban J connectivity index is 1.04. The van der Waals surface area contributed by atoms with Crippen LogP contribution in [0.25, 0.3) is 54.6 Å². The van der Waals surface area contributed by atoms with E-state index < -0.39 is 5.41 Å². The second-order valence-corrected chi connectivity index (χ2v) is 19.6. The number of rotatable bonds is 9. The van der Waals surface area contributed by atoms with E-state index in [1.807, 2.05) is 0 Å². The minimum atomic E-state index is -0.653. The molecule has 12 aromatic rings. The Hall–Kier alpha value is -8.72. The molecule has 0 unspecified atom stereocenters. The second-order valence-electron chi connectivity index (χ2n) is 19.6. The van der Waals surface area contributed by atoms with Crippen LogP contribution in [-0.2, 0) is 5.41 Å². The van der Waals surface area contributed by atoms with Gasteiger partial charge in [-0.2, -0.15) is 0 Å². The molecule has 2 heteroatoms. The van der Waals surface area contributed by atoms with Crippen LogP contribution in [0.3, 0.4) is 0 Å². The molecule has 12 aromatic carbocycles. The molecule has 0 heterocycles. The van der Waals surface area contributed by atoms with E-state index in [4.69, 9.17) is 0 Å². The molecule has 71 heavy (non-hydrogen) atoms. The van der Waals surface area contributed by atoms with E-state index in [1.165, 1.54) is 99.1 Å². The van der Waals surface area contributed by atoms with E-state index in [-0.39, 0.29) is 0 Å². The molecule has 0 bridgehead atoms. The predicted octanol–water partition coefficient (Wildman–Crippen LogP) is 18.8. The number of nitrogens with zero attached hydrogens (tertiary/aromatic N) is 2. The summed E-state index contributed by atoms with van der Waals surface area (Å²) < 4.78 is 0. The van der Waals surface area contributed by atoms with Gasteiger partial charge in [-0.1, -0.05) is 186 Å². The summed E-state index contributed by atoms with van der Waals surface area (Å²) in [6.45, 7) is 8.60. The van der Waals surface area contributed by atoms with Crippen molar-refractivity contribution in [3.63, 3.8) is 0 Å². The fourth-order valence-electron chi connectivity index (χ4n) is 11.6. The lowest BCUT2D eigenvalue weighted by Gasteiger charge is -2.35. The summed E-state index contributed by atoms with van der Waals surface area (Å²) >= 11 is 0. The van der Waals surface area contributed by atoms with Gasteiger partial charge in [-0.05, 0) is 183 Å². The molecule has 0 spiro atoms. The molecule has 2 nitrogen and oxygen atoms in total. The van der Waals surface area contributed by atoms with Gasteiger partial charge in [0, 0.05) is 34.1 Å². The normalized spacial score (nSPS) is 12.6. The fraction of sp³-hybridized carbons (Fsp3) is 0.0725. The van der Waals surface area contributed by atoms with Crippen LogP contribution in [0.4, 0.5) is 34.1 Å². The Morgan fingerprint density at radius 3 is 1.14 bits per heavy atom. The first-order valence-corrected chi connectivity index (χ1v) is 24.8.